The second-order valence-electron chi connectivity index (χ2n) is 5.29. The van der Waals surface area contributed by atoms with Gasteiger partial charge in [-0.1, -0.05) is 6.07 Å². The lowest BCUT2D eigenvalue weighted by atomic mass is 9.92. The maximum atomic E-state index is 12.0. The Morgan fingerprint density at radius 1 is 1.40 bits per heavy atom. The highest BCUT2D eigenvalue weighted by Crippen LogP contribution is 2.39. The van der Waals surface area contributed by atoms with Crippen LogP contribution in [0.15, 0.2) is 18.2 Å². The van der Waals surface area contributed by atoms with E-state index in [-0.39, 0.29) is 23.3 Å². The van der Waals surface area contributed by atoms with Gasteiger partial charge in [-0.15, -0.1) is 11.6 Å². The molecule has 0 aliphatic carbocycles. The summed E-state index contributed by atoms with van der Waals surface area (Å²) in [4.78, 5) is 12.0. The molecule has 0 spiro atoms. The Labute approximate surface area is 123 Å². The Hall–Kier alpha value is -1.26. The molecule has 3 unspecified atom stereocenters. The lowest BCUT2D eigenvalue weighted by Crippen LogP contribution is -2.24. The topological polar surface area (TPSA) is 47.6 Å². The molecule has 5 heteroatoms. The number of carbonyl (C=O) groups excluding carboxylic acids is 1. The van der Waals surface area contributed by atoms with Crippen molar-refractivity contribution in [2.75, 3.05) is 19.8 Å². The highest BCUT2D eigenvalue weighted by Gasteiger charge is 2.32. The van der Waals surface area contributed by atoms with E-state index in [1.165, 1.54) is 0 Å². The van der Waals surface area contributed by atoms with Crippen molar-refractivity contribution < 1.29 is 14.3 Å². The number of rotatable bonds is 2. The van der Waals surface area contributed by atoms with Gasteiger partial charge in [0.1, 0.15) is 12.4 Å². The fourth-order valence-corrected chi connectivity index (χ4v) is 3.29. The van der Waals surface area contributed by atoms with Crippen LogP contribution in [-0.4, -0.2) is 31.8 Å². The maximum Gasteiger partial charge on any atom is 0.255 e. The van der Waals surface area contributed by atoms with E-state index in [4.69, 9.17) is 21.1 Å². The van der Waals surface area contributed by atoms with Gasteiger partial charge in [-0.3, -0.25) is 4.79 Å². The Kier molecular flexibility index (Phi) is 3.85. The molecule has 1 N–H and O–H groups in total. The van der Waals surface area contributed by atoms with Crippen molar-refractivity contribution >= 4 is 17.5 Å². The van der Waals surface area contributed by atoms with E-state index in [0.717, 1.165) is 18.6 Å². The summed E-state index contributed by atoms with van der Waals surface area (Å²) in [7, 11) is 0. The van der Waals surface area contributed by atoms with Crippen molar-refractivity contribution in [3.8, 4) is 5.75 Å². The van der Waals surface area contributed by atoms with Gasteiger partial charge in [0, 0.05) is 12.5 Å². The van der Waals surface area contributed by atoms with E-state index >= 15 is 0 Å². The van der Waals surface area contributed by atoms with Gasteiger partial charge in [0.15, 0.2) is 0 Å². The van der Waals surface area contributed by atoms with Crippen LogP contribution in [0.2, 0.25) is 0 Å². The molecule has 1 aromatic rings. The normalized spacial score (nSPS) is 27.2. The third kappa shape index (κ3) is 2.50. The summed E-state index contributed by atoms with van der Waals surface area (Å²) in [6.45, 7) is 3.83. The van der Waals surface area contributed by atoms with Crippen LogP contribution in [0.5, 0.6) is 5.75 Å². The van der Waals surface area contributed by atoms with Crippen LogP contribution in [0.4, 0.5) is 0 Å². The lowest BCUT2D eigenvalue weighted by Gasteiger charge is -2.21. The minimum Gasteiger partial charge on any atom is -0.491 e. The first-order chi connectivity index (χ1) is 9.66. The summed E-state index contributed by atoms with van der Waals surface area (Å²) < 4.78 is 11.1. The molecular formula is C15H18ClNO3. The molecule has 3 rings (SSSR count). The number of benzene rings is 1. The fourth-order valence-electron chi connectivity index (χ4n) is 2.82. The molecule has 20 heavy (non-hydrogen) atoms. The Morgan fingerprint density at radius 3 is 3.00 bits per heavy atom. The second-order valence-corrected chi connectivity index (χ2v) is 5.76. The summed E-state index contributed by atoms with van der Waals surface area (Å²) in [5.74, 6) is 0.812. The van der Waals surface area contributed by atoms with E-state index < -0.39 is 0 Å². The minimum atomic E-state index is -0.145. The standard InChI is InChI=1S/C15H18ClNO3/c1-9-11(4-6-19-9)14(16)10-2-3-13-12(8-10)15(18)17-5-7-20-13/h2-3,8-9,11,14H,4-7H2,1H3,(H,17,18). The minimum absolute atomic E-state index is 0.0982. The van der Waals surface area contributed by atoms with Crippen LogP contribution >= 0.6 is 11.6 Å². The van der Waals surface area contributed by atoms with Crippen LogP contribution in [-0.2, 0) is 4.74 Å². The van der Waals surface area contributed by atoms with Gasteiger partial charge in [-0.25, -0.2) is 0 Å². The van der Waals surface area contributed by atoms with Gasteiger partial charge in [-0.05, 0) is 31.0 Å². The van der Waals surface area contributed by atoms with Gasteiger partial charge in [-0.2, -0.15) is 0 Å². The zero-order valence-electron chi connectivity index (χ0n) is 11.4. The number of halogens is 1. The molecule has 3 atom stereocenters. The van der Waals surface area contributed by atoms with E-state index in [0.29, 0.717) is 24.5 Å². The first-order valence-electron chi connectivity index (χ1n) is 6.97. The summed E-state index contributed by atoms with van der Waals surface area (Å²) in [5.41, 5.74) is 1.52. The van der Waals surface area contributed by atoms with Crippen molar-refractivity contribution in [2.24, 2.45) is 5.92 Å². The molecule has 0 saturated carbocycles. The van der Waals surface area contributed by atoms with Gasteiger partial charge < -0.3 is 14.8 Å². The third-order valence-corrected chi connectivity index (χ3v) is 4.60. The predicted molar refractivity (Wildman–Crippen MR) is 76.4 cm³/mol. The second kappa shape index (κ2) is 5.62. The summed E-state index contributed by atoms with van der Waals surface area (Å²) in [6.07, 6.45) is 1.11. The molecule has 2 aliphatic heterocycles. The summed E-state index contributed by atoms with van der Waals surface area (Å²) in [6, 6.07) is 5.63. The summed E-state index contributed by atoms with van der Waals surface area (Å²) >= 11 is 6.59. The number of nitrogens with one attached hydrogen (secondary N) is 1. The van der Waals surface area contributed by atoms with Crippen LogP contribution in [0.3, 0.4) is 0 Å². The van der Waals surface area contributed by atoms with E-state index in [1.54, 1.807) is 0 Å². The van der Waals surface area contributed by atoms with Crippen LogP contribution in [0.25, 0.3) is 0 Å². The van der Waals surface area contributed by atoms with Gasteiger partial charge >= 0.3 is 0 Å². The molecule has 0 aromatic heterocycles. The first-order valence-corrected chi connectivity index (χ1v) is 7.41. The molecular weight excluding hydrogens is 278 g/mol. The Bertz CT molecular complexity index is 520. The van der Waals surface area contributed by atoms with E-state index in [9.17, 15) is 4.79 Å². The average molecular weight is 296 g/mol. The predicted octanol–water partition coefficient (Wildman–Crippen LogP) is 2.51. The van der Waals surface area contributed by atoms with Crippen molar-refractivity contribution in [2.45, 2.75) is 24.8 Å². The Morgan fingerprint density at radius 2 is 2.25 bits per heavy atom. The molecule has 4 nitrogen and oxygen atoms in total. The van der Waals surface area contributed by atoms with Crippen LogP contribution in [0, 0.1) is 5.92 Å². The smallest absolute Gasteiger partial charge is 0.255 e. The summed E-state index contributed by atoms with van der Waals surface area (Å²) in [5, 5.41) is 2.67. The van der Waals surface area contributed by atoms with Crippen molar-refractivity contribution in [3.05, 3.63) is 29.3 Å². The number of hydrogen-bond acceptors (Lipinski definition) is 3. The van der Waals surface area contributed by atoms with Gasteiger partial charge in [0.25, 0.3) is 5.91 Å². The van der Waals surface area contributed by atoms with Gasteiger partial charge in [0.05, 0.1) is 23.6 Å². The van der Waals surface area contributed by atoms with Crippen molar-refractivity contribution in [1.82, 2.24) is 5.32 Å². The number of ether oxygens (including phenoxy) is 2. The molecule has 1 aromatic carbocycles. The molecule has 1 saturated heterocycles. The highest BCUT2D eigenvalue weighted by atomic mass is 35.5. The van der Waals surface area contributed by atoms with Crippen LogP contribution in [0.1, 0.15) is 34.6 Å². The average Bonchev–Trinajstić information content (AvgIpc) is 2.79. The molecule has 1 fully saturated rings. The molecule has 0 bridgehead atoms. The molecule has 2 aliphatic rings. The molecule has 2 heterocycles. The largest absolute Gasteiger partial charge is 0.491 e. The first kappa shape index (κ1) is 13.7. The zero-order valence-corrected chi connectivity index (χ0v) is 12.2. The number of hydrogen-bond donors (Lipinski definition) is 1. The molecule has 108 valence electrons. The van der Waals surface area contributed by atoms with Crippen molar-refractivity contribution in [1.29, 1.82) is 0 Å². The van der Waals surface area contributed by atoms with Crippen molar-refractivity contribution in [3.63, 3.8) is 0 Å². The SMILES string of the molecule is CC1OCCC1C(Cl)c1ccc2c(c1)C(=O)NCCO2. The zero-order chi connectivity index (χ0) is 14.1. The van der Waals surface area contributed by atoms with Gasteiger partial charge in [0.2, 0.25) is 0 Å². The number of carbonyl (C=O) groups is 1. The molecule has 1 amide bonds. The number of alkyl halides is 1. The van der Waals surface area contributed by atoms with E-state index in [2.05, 4.69) is 5.32 Å². The monoisotopic (exact) mass is 295 g/mol. The Balaban J connectivity index is 1.89. The molecule has 0 radical (unpaired) electrons. The fraction of sp³-hybridized carbons (Fsp3) is 0.533. The number of amides is 1. The van der Waals surface area contributed by atoms with E-state index in [1.807, 2.05) is 25.1 Å². The maximum absolute atomic E-state index is 12.0. The third-order valence-electron chi connectivity index (χ3n) is 4.02. The highest BCUT2D eigenvalue weighted by molar-refractivity contribution is 6.21. The quantitative estimate of drug-likeness (QED) is 0.853. The number of fused-ring (bicyclic) bond motifs is 1. The lowest BCUT2D eigenvalue weighted by molar-refractivity contribution is 0.0957. The van der Waals surface area contributed by atoms with Crippen LogP contribution < -0.4 is 10.1 Å².